The molecule has 2 fully saturated rings. The van der Waals surface area contributed by atoms with E-state index in [2.05, 4.69) is 29.0 Å². The fourth-order valence-electron chi connectivity index (χ4n) is 3.77. The largest absolute Gasteiger partial charge is 0.357 e. The van der Waals surface area contributed by atoms with Gasteiger partial charge in [-0.25, -0.2) is 0 Å². The van der Waals surface area contributed by atoms with Crippen molar-refractivity contribution in [2.24, 2.45) is 4.99 Å². The van der Waals surface area contributed by atoms with Crippen molar-refractivity contribution in [2.75, 3.05) is 52.4 Å². The number of hydrogen-bond donors (Lipinski definition) is 1. The van der Waals surface area contributed by atoms with Gasteiger partial charge in [0.15, 0.2) is 5.96 Å². The molecule has 0 saturated carbocycles. The van der Waals surface area contributed by atoms with Gasteiger partial charge in [0.05, 0.1) is 6.54 Å². The fourth-order valence-corrected chi connectivity index (χ4v) is 3.77. The summed E-state index contributed by atoms with van der Waals surface area (Å²) in [4.78, 5) is 23.4. The second kappa shape index (κ2) is 10.6. The lowest BCUT2D eigenvalue weighted by atomic mass is 10.0. The molecule has 2 rings (SSSR count). The zero-order chi connectivity index (χ0) is 18.1. The van der Waals surface area contributed by atoms with Crippen molar-refractivity contribution < 1.29 is 4.79 Å². The van der Waals surface area contributed by atoms with Gasteiger partial charge in [-0.15, -0.1) is 0 Å². The molecule has 1 unspecified atom stereocenters. The van der Waals surface area contributed by atoms with E-state index in [1.54, 1.807) is 6.92 Å². The average Bonchev–Trinajstić information content (AvgIpc) is 2.64. The van der Waals surface area contributed by atoms with Crippen LogP contribution in [0.15, 0.2) is 4.99 Å². The van der Waals surface area contributed by atoms with Crippen LogP contribution >= 0.6 is 0 Å². The number of rotatable bonds is 6. The summed E-state index contributed by atoms with van der Waals surface area (Å²) in [6, 6.07) is 0.590. The van der Waals surface area contributed by atoms with Gasteiger partial charge in [-0.05, 0) is 39.3 Å². The van der Waals surface area contributed by atoms with Gasteiger partial charge < -0.3 is 15.1 Å². The van der Waals surface area contributed by atoms with Gasteiger partial charge in [-0.2, -0.15) is 0 Å². The minimum Gasteiger partial charge on any atom is -0.357 e. The summed E-state index contributed by atoms with van der Waals surface area (Å²) in [5.41, 5.74) is 0. The van der Waals surface area contributed by atoms with Crippen molar-refractivity contribution >= 4 is 11.9 Å². The van der Waals surface area contributed by atoms with Crippen molar-refractivity contribution in [3.63, 3.8) is 0 Å². The lowest BCUT2D eigenvalue weighted by Crippen LogP contribution is -2.53. The van der Waals surface area contributed by atoms with Crippen LogP contribution in [-0.4, -0.2) is 85.0 Å². The van der Waals surface area contributed by atoms with Crippen LogP contribution in [0.25, 0.3) is 0 Å². The van der Waals surface area contributed by atoms with E-state index in [0.717, 1.165) is 45.2 Å². The number of piperazine rings is 1. The van der Waals surface area contributed by atoms with Gasteiger partial charge >= 0.3 is 0 Å². The fraction of sp³-hybridized carbons (Fsp3) is 0.895. The predicted molar refractivity (Wildman–Crippen MR) is 104 cm³/mol. The molecular weight excluding hydrogens is 314 g/mol. The van der Waals surface area contributed by atoms with Crippen LogP contribution in [0.1, 0.15) is 52.9 Å². The van der Waals surface area contributed by atoms with Gasteiger partial charge in [0.1, 0.15) is 0 Å². The first kappa shape index (κ1) is 20.0. The van der Waals surface area contributed by atoms with Crippen LogP contribution < -0.4 is 5.32 Å². The number of nitrogens with one attached hydrogen (secondary N) is 1. The Bertz CT molecular complexity index is 432. The third-order valence-corrected chi connectivity index (χ3v) is 5.36. The number of likely N-dealkylation sites (tertiary alicyclic amines) is 1. The topological polar surface area (TPSA) is 51.2 Å². The highest BCUT2D eigenvalue weighted by atomic mass is 16.2. The second-order valence-corrected chi connectivity index (χ2v) is 7.23. The van der Waals surface area contributed by atoms with Crippen LogP contribution in [0.3, 0.4) is 0 Å². The molecule has 0 aliphatic carbocycles. The Balaban J connectivity index is 1.92. The molecule has 2 aliphatic rings. The Kier molecular flexibility index (Phi) is 8.52. The molecule has 1 atom stereocenters. The molecule has 2 aliphatic heterocycles. The van der Waals surface area contributed by atoms with Crippen LogP contribution in [0.4, 0.5) is 0 Å². The highest BCUT2D eigenvalue weighted by molar-refractivity contribution is 5.80. The molecular formula is C19H37N5O. The summed E-state index contributed by atoms with van der Waals surface area (Å²) in [6.07, 6.45) is 6.47. The Morgan fingerprint density at radius 2 is 1.80 bits per heavy atom. The van der Waals surface area contributed by atoms with Gasteiger partial charge in [0.25, 0.3) is 0 Å². The molecule has 144 valence electrons. The number of hydrogen-bond acceptors (Lipinski definition) is 3. The predicted octanol–water partition coefficient (Wildman–Crippen LogP) is 1.77. The molecule has 6 heteroatoms. The summed E-state index contributed by atoms with van der Waals surface area (Å²) in [6.45, 7) is 13.6. The van der Waals surface area contributed by atoms with Crippen molar-refractivity contribution in [1.82, 2.24) is 20.0 Å². The first-order valence-electron chi connectivity index (χ1n) is 10.2. The van der Waals surface area contributed by atoms with Gasteiger partial charge in [-0.1, -0.05) is 19.8 Å². The average molecular weight is 352 g/mol. The molecule has 0 aromatic carbocycles. The van der Waals surface area contributed by atoms with Gasteiger partial charge in [0, 0.05) is 45.7 Å². The van der Waals surface area contributed by atoms with Crippen LogP contribution in [0, 0.1) is 0 Å². The highest BCUT2D eigenvalue weighted by Gasteiger charge is 2.24. The van der Waals surface area contributed by atoms with Crippen LogP contribution in [0.2, 0.25) is 0 Å². The summed E-state index contributed by atoms with van der Waals surface area (Å²) in [5, 5.41) is 3.45. The van der Waals surface area contributed by atoms with E-state index in [1.165, 1.54) is 45.2 Å². The number of aliphatic imine (C=N–C) groups is 1. The Hall–Kier alpha value is -1.30. The zero-order valence-electron chi connectivity index (χ0n) is 16.5. The minimum atomic E-state index is 0.176. The quantitative estimate of drug-likeness (QED) is 0.585. The zero-order valence-corrected chi connectivity index (χ0v) is 16.5. The smallest absolute Gasteiger partial charge is 0.219 e. The van der Waals surface area contributed by atoms with E-state index in [1.807, 2.05) is 4.90 Å². The van der Waals surface area contributed by atoms with E-state index in [4.69, 9.17) is 4.99 Å². The molecule has 2 heterocycles. The van der Waals surface area contributed by atoms with E-state index in [0.29, 0.717) is 6.04 Å². The van der Waals surface area contributed by atoms with Gasteiger partial charge in [-0.3, -0.25) is 14.7 Å². The van der Waals surface area contributed by atoms with E-state index >= 15 is 0 Å². The van der Waals surface area contributed by atoms with Crippen molar-refractivity contribution in [3.05, 3.63) is 0 Å². The first-order chi connectivity index (χ1) is 12.2. The van der Waals surface area contributed by atoms with Crippen molar-refractivity contribution in [2.45, 2.75) is 58.9 Å². The molecule has 0 aromatic rings. The maximum absolute atomic E-state index is 11.5. The molecule has 0 aromatic heterocycles. The molecule has 1 N–H and O–H groups in total. The number of carbonyl (C=O) groups is 1. The third-order valence-electron chi connectivity index (χ3n) is 5.36. The Morgan fingerprint density at radius 3 is 2.44 bits per heavy atom. The summed E-state index contributed by atoms with van der Waals surface area (Å²) in [5.74, 6) is 1.20. The molecule has 2 saturated heterocycles. The second-order valence-electron chi connectivity index (χ2n) is 7.23. The minimum absolute atomic E-state index is 0.176. The first-order valence-corrected chi connectivity index (χ1v) is 10.2. The lowest BCUT2D eigenvalue weighted by Gasteiger charge is -2.37. The number of guanidine groups is 1. The maximum Gasteiger partial charge on any atom is 0.219 e. The molecule has 0 bridgehead atoms. The number of unbranched alkanes of at least 4 members (excludes halogenated alkanes) is 1. The Labute approximate surface area is 153 Å². The summed E-state index contributed by atoms with van der Waals surface area (Å²) < 4.78 is 0. The lowest BCUT2D eigenvalue weighted by molar-refractivity contribution is -0.130. The summed E-state index contributed by atoms with van der Waals surface area (Å²) >= 11 is 0. The molecule has 25 heavy (non-hydrogen) atoms. The Morgan fingerprint density at radius 1 is 1.08 bits per heavy atom. The molecule has 1 amide bonds. The summed E-state index contributed by atoms with van der Waals surface area (Å²) in [7, 11) is 0. The van der Waals surface area contributed by atoms with Crippen molar-refractivity contribution in [1.29, 1.82) is 0 Å². The van der Waals surface area contributed by atoms with E-state index in [-0.39, 0.29) is 5.91 Å². The molecule has 6 nitrogen and oxygen atoms in total. The highest BCUT2D eigenvalue weighted by Crippen LogP contribution is 2.18. The third kappa shape index (κ3) is 6.17. The normalized spacial score (nSPS) is 23.0. The van der Waals surface area contributed by atoms with Crippen molar-refractivity contribution in [3.8, 4) is 0 Å². The van der Waals surface area contributed by atoms with Gasteiger partial charge in [0.2, 0.25) is 5.91 Å². The standard InChI is InChI=1S/C19H37N5O/c1-4-6-10-23-11-8-7-9-18(23)16-21-19(20-5-2)24-14-12-22(13-15-24)17(3)25/h18H,4-16H2,1-3H3,(H,20,21). The number of piperidine rings is 1. The van der Waals surface area contributed by atoms with E-state index in [9.17, 15) is 4.79 Å². The van der Waals surface area contributed by atoms with Crippen LogP contribution in [-0.2, 0) is 4.79 Å². The van der Waals surface area contributed by atoms with Crippen LogP contribution in [0.5, 0.6) is 0 Å². The molecule has 0 radical (unpaired) electrons. The molecule has 0 spiro atoms. The number of amides is 1. The van der Waals surface area contributed by atoms with E-state index < -0.39 is 0 Å². The SMILES string of the molecule is CCCCN1CCCCC1CN=C(NCC)N1CCN(C(C)=O)CC1. The number of nitrogens with zero attached hydrogens (tertiary/aromatic N) is 4. The number of carbonyl (C=O) groups excluding carboxylic acids is 1. The monoisotopic (exact) mass is 351 g/mol. The maximum atomic E-state index is 11.5.